The van der Waals surface area contributed by atoms with Gasteiger partial charge in [0.25, 0.3) is 0 Å². The monoisotopic (exact) mass is 420 g/mol. The summed E-state index contributed by atoms with van der Waals surface area (Å²) in [5.74, 6) is 0.354. The van der Waals surface area contributed by atoms with Gasteiger partial charge in [-0.25, -0.2) is 0 Å². The van der Waals surface area contributed by atoms with E-state index in [2.05, 4.69) is 26.0 Å². The van der Waals surface area contributed by atoms with Crippen LogP contribution in [0.4, 0.5) is 0 Å². The fourth-order valence-corrected chi connectivity index (χ4v) is 3.27. The fourth-order valence-electron chi connectivity index (χ4n) is 3.27. The Balaban J connectivity index is 1.82. The first-order valence-electron chi connectivity index (χ1n) is 11.2. The normalized spacial score (nSPS) is 25.2. The molecule has 0 radical (unpaired) electrons. The second-order valence-corrected chi connectivity index (χ2v) is 9.89. The van der Waals surface area contributed by atoms with Gasteiger partial charge in [-0.1, -0.05) is 17.7 Å². The topological polar surface area (TPSA) is 54.0 Å². The van der Waals surface area contributed by atoms with E-state index in [-0.39, 0.29) is 18.4 Å². The molecule has 0 aliphatic carbocycles. The van der Waals surface area contributed by atoms with Crippen molar-refractivity contribution >= 4 is 5.97 Å². The highest BCUT2D eigenvalue weighted by Gasteiger charge is 2.39. The van der Waals surface area contributed by atoms with Crippen LogP contribution >= 0.6 is 0 Å². The van der Waals surface area contributed by atoms with E-state index in [1.165, 1.54) is 12.0 Å². The minimum Gasteiger partial charge on any atom is -0.428 e. The molecule has 0 aromatic heterocycles. The summed E-state index contributed by atoms with van der Waals surface area (Å²) in [6, 6.07) is 0. The van der Waals surface area contributed by atoms with Crippen molar-refractivity contribution in [3.05, 3.63) is 35.1 Å². The summed E-state index contributed by atoms with van der Waals surface area (Å²) in [5.41, 5.74) is 1.27. The van der Waals surface area contributed by atoms with E-state index in [1.54, 1.807) is 0 Å². The first-order chi connectivity index (χ1) is 14.0. The van der Waals surface area contributed by atoms with E-state index in [0.29, 0.717) is 12.4 Å². The molecule has 1 fully saturated rings. The Morgan fingerprint density at radius 2 is 1.97 bits per heavy atom. The lowest BCUT2D eigenvalue weighted by Crippen LogP contribution is -2.30. The lowest BCUT2D eigenvalue weighted by Gasteiger charge is -2.25. The molecule has 1 unspecified atom stereocenters. The quantitative estimate of drug-likeness (QED) is 0.364. The standard InChI is InChI=1S/C25H40O5/c1-18(14-16-28-22-13-8-9-15-27-22)11-10-12-19(2)20-17-21(25(6,7)30-20)29-23(26)24(3,4)5/h12,14,17,20,22H,8-11,13,15-16H2,1-7H3/b18-14+,19-12+/t20-,22?/m0/s1. The van der Waals surface area contributed by atoms with Gasteiger partial charge in [-0.3, -0.25) is 4.79 Å². The number of hydrogen-bond acceptors (Lipinski definition) is 5. The molecule has 2 aliphatic rings. The van der Waals surface area contributed by atoms with Crippen LogP contribution in [0.2, 0.25) is 0 Å². The molecule has 170 valence electrons. The highest BCUT2D eigenvalue weighted by molar-refractivity contribution is 5.76. The average Bonchev–Trinajstić information content (AvgIpc) is 2.96. The molecule has 5 heteroatoms. The summed E-state index contributed by atoms with van der Waals surface area (Å²) in [4.78, 5) is 12.3. The first-order valence-corrected chi connectivity index (χ1v) is 11.2. The molecule has 0 spiro atoms. The molecule has 0 N–H and O–H groups in total. The minimum absolute atomic E-state index is 0.0406. The van der Waals surface area contributed by atoms with Crippen molar-refractivity contribution < 1.29 is 23.7 Å². The van der Waals surface area contributed by atoms with Crippen LogP contribution in [0.1, 0.15) is 80.6 Å². The molecule has 2 rings (SSSR count). The average molecular weight is 421 g/mol. The third-order valence-corrected chi connectivity index (χ3v) is 5.44. The van der Waals surface area contributed by atoms with Crippen molar-refractivity contribution in [3.63, 3.8) is 0 Å². The maximum atomic E-state index is 12.3. The number of allylic oxidation sites excluding steroid dienone is 2. The summed E-state index contributed by atoms with van der Waals surface area (Å²) >= 11 is 0. The van der Waals surface area contributed by atoms with Gasteiger partial charge in [-0.2, -0.15) is 0 Å². The van der Waals surface area contributed by atoms with Crippen LogP contribution in [-0.2, 0) is 23.7 Å². The molecule has 0 aromatic carbocycles. The first kappa shape index (κ1) is 24.8. The third kappa shape index (κ3) is 7.68. The zero-order valence-corrected chi connectivity index (χ0v) is 19.9. The lowest BCUT2D eigenvalue weighted by molar-refractivity contribution is -0.155. The summed E-state index contributed by atoms with van der Waals surface area (Å²) in [7, 11) is 0. The van der Waals surface area contributed by atoms with Crippen molar-refractivity contribution in [3.8, 4) is 0 Å². The summed E-state index contributed by atoms with van der Waals surface area (Å²) in [6.45, 7) is 15.0. The predicted octanol–water partition coefficient (Wildman–Crippen LogP) is 5.85. The minimum atomic E-state index is -0.616. The summed E-state index contributed by atoms with van der Waals surface area (Å²) < 4.78 is 23.1. The molecule has 2 heterocycles. The Kier molecular flexibility index (Phi) is 8.89. The molecular formula is C25H40O5. The van der Waals surface area contributed by atoms with Gasteiger partial charge in [-0.05, 0) is 92.2 Å². The van der Waals surface area contributed by atoms with E-state index >= 15 is 0 Å². The van der Waals surface area contributed by atoms with Gasteiger partial charge in [-0.15, -0.1) is 0 Å². The molecule has 0 aromatic rings. The van der Waals surface area contributed by atoms with Gasteiger partial charge in [0.15, 0.2) is 6.29 Å². The van der Waals surface area contributed by atoms with Crippen LogP contribution in [0.3, 0.4) is 0 Å². The largest absolute Gasteiger partial charge is 0.428 e. The number of ether oxygens (including phenoxy) is 4. The molecule has 0 saturated carbocycles. The van der Waals surface area contributed by atoms with Crippen LogP contribution in [0, 0.1) is 5.41 Å². The molecule has 30 heavy (non-hydrogen) atoms. The number of esters is 1. The van der Waals surface area contributed by atoms with Gasteiger partial charge in [0.05, 0.1) is 12.0 Å². The molecular weight excluding hydrogens is 380 g/mol. The van der Waals surface area contributed by atoms with Crippen molar-refractivity contribution in [2.45, 2.75) is 98.6 Å². The maximum Gasteiger partial charge on any atom is 0.316 e. The SMILES string of the molecule is C/C(=C\COC1CCCCO1)CC/C=C(\C)[C@@H]1C=C(OC(=O)C(C)(C)C)C(C)(C)O1. The third-order valence-electron chi connectivity index (χ3n) is 5.44. The lowest BCUT2D eigenvalue weighted by atomic mass is 9.97. The van der Waals surface area contributed by atoms with Crippen LogP contribution in [-0.4, -0.2) is 37.2 Å². The zero-order chi connectivity index (χ0) is 22.4. The van der Waals surface area contributed by atoms with E-state index in [0.717, 1.165) is 37.9 Å². The van der Waals surface area contributed by atoms with E-state index in [4.69, 9.17) is 18.9 Å². The van der Waals surface area contributed by atoms with Crippen molar-refractivity contribution in [2.24, 2.45) is 5.41 Å². The maximum absolute atomic E-state index is 12.3. The zero-order valence-electron chi connectivity index (χ0n) is 19.9. The van der Waals surface area contributed by atoms with Crippen LogP contribution in [0.15, 0.2) is 35.1 Å². The van der Waals surface area contributed by atoms with Crippen LogP contribution < -0.4 is 0 Å². The summed E-state index contributed by atoms with van der Waals surface area (Å²) in [6.07, 6.45) is 11.3. The van der Waals surface area contributed by atoms with Gasteiger partial charge in [0.1, 0.15) is 17.5 Å². The van der Waals surface area contributed by atoms with E-state index in [1.807, 2.05) is 40.7 Å². The van der Waals surface area contributed by atoms with Crippen molar-refractivity contribution in [1.29, 1.82) is 0 Å². The molecule has 1 saturated heterocycles. The van der Waals surface area contributed by atoms with E-state index in [9.17, 15) is 4.79 Å². The number of hydrogen-bond donors (Lipinski definition) is 0. The molecule has 2 aliphatic heterocycles. The van der Waals surface area contributed by atoms with Gasteiger partial charge in [0.2, 0.25) is 0 Å². The highest BCUT2D eigenvalue weighted by atomic mass is 16.7. The van der Waals surface area contributed by atoms with Crippen LogP contribution in [0.5, 0.6) is 0 Å². The predicted molar refractivity (Wildman–Crippen MR) is 119 cm³/mol. The summed E-state index contributed by atoms with van der Waals surface area (Å²) in [5, 5.41) is 0. The second kappa shape index (κ2) is 10.7. The Hall–Kier alpha value is -1.43. The Bertz CT molecular complexity index is 672. The number of carbonyl (C=O) groups excluding carboxylic acids is 1. The Labute approximate surface area is 182 Å². The molecule has 0 bridgehead atoms. The van der Waals surface area contributed by atoms with Gasteiger partial charge >= 0.3 is 5.97 Å². The smallest absolute Gasteiger partial charge is 0.316 e. The van der Waals surface area contributed by atoms with Crippen molar-refractivity contribution in [2.75, 3.05) is 13.2 Å². The van der Waals surface area contributed by atoms with Crippen LogP contribution in [0.25, 0.3) is 0 Å². The Morgan fingerprint density at radius 3 is 2.60 bits per heavy atom. The van der Waals surface area contributed by atoms with E-state index < -0.39 is 11.0 Å². The molecule has 5 nitrogen and oxygen atoms in total. The van der Waals surface area contributed by atoms with Gasteiger partial charge < -0.3 is 18.9 Å². The number of rotatable bonds is 8. The highest BCUT2D eigenvalue weighted by Crippen LogP contribution is 2.35. The fraction of sp³-hybridized carbons (Fsp3) is 0.720. The second-order valence-electron chi connectivity index (χ2n) is 9.89. The van der Waals surface area contributed by atoms with Gasteiger partial charge in [0, 0.05) is 6.61 Å². The molecule has 2 atom stereocenters. The number of carbonyl (C=O) groups is 1. The Morgan fingerprint density at radius 1 is 1.23 bits per heavy atom. The van der Waals surface area contributed by atoms with Crippen molar-refractivity contribution in [1.82, 2.24) is 0 Å². The molecule has 0 amide bonds.